The van der Waals surface area contributed by atoms with Crippen LogP contribution in [0.5, 0.6) is 0 Å². The van der Waals surface area contributed by atoms with E-state index < -0.39 is 0 Å². The molecule has 0 heterocycles. The zero-order valence-corrected chi connectivity index (χ0v) is 9.41. The summed E-state index contributed by atoms with van der Waals surface area (Å²) in [6.07, 6.45) is 2.29. The first kappa shape index (κ1) is 12.5. The average molecular weight is 221 g/mol. The summed E-state index contributed by atoms with van der Waals surface area (Å²) in [6.45, 7) is 1.37. The van der Waals surface area contributed by atoms with E-state index in [1.165, 1.54) is 0 Å². The zero-order valence-electron chi connectivity index (χ0n) is 9.41. The fourth-order valence-corrected chi connectivity index (χ4v) is 1.38. The molecule has 0 aliphatic rings. The van der Waals surface area contributed by atoms with Crippen molar-refractivity contribution in [2.24, 2.45) is 5.73 Å². The van der Waals surface area contributed by atoms with Crippen LogP contribution in [0.2, 0.25) is 0 Å². The van der Waals surface area contributed by atoms with Crippen LogP contribution in [-0.2, 0) is 11.2 Å². The number of rotatable bonds is 6. The topological polar surface area (TPSA) is 81.1 Å². The molecule has 0 radical (unpaired) electrons. The van der Waals surface area contributed by atoms with Gasteiger partial charge in [0.15, 0.2) is 0 Å². The van der Waals surface area contributed by atoms with Crippen molar-refractivity contribution in [3.63, 3.8) is 0 Å². The molecular formula is C12H19N3O. The van der Waals surface area contributed by atoms with Gasteiger partial charge in [-0.15, -0.1) is 0 Å². The Morgan fingerprint density at radius 3 is 2.50 bits per heavy atom. The first-order valence-corrected chi connectivity index (χ1v) is 5.53. The molecule has 0 aliphatic heterocycles. The van der Waals surface area contributed by atoms with Gasteiger partial charge in [0.25, 0.3) is 0 Å². The molecule has 0 fully saturated rings. The molecule has 88 valence electrons. The lowest BCUT2D eigenvalue weighted by Gasteiger charge is -2.04. The number of anilines is 1. The second-order valence-electron chi connectivity index (χ2n) is 3.76. The van der Waals surface area contributed by atoms with E-state index in [0.29, 0.717) is 25.2 Å². The number of unbranched alkanes of at least 4 members (excludes halogenated alkanes) is 1. The van der Waals surface area contributed by atoms with E-state index in [4.69, 9.17) is 11.5 Å². The molecule has 1 aromatic rings. The summed E-state index contributed by atoms with van der Waals surface area (Å²) < 4.78 is 0. The van der Waals surface area contributed by atoms with Crippen LogP contribution in [0.15, 0.2) is 24.3 Å². The molecule has 0 bridgehead atoms. The molecule has 4 nitrogen and oxygen atoms in total. The van der Waals surface area contributed by atoms with Gasteiger partial charge in [-0.3, -0.25) is 4.79 Å². The fourth-order valence-electron chi connectivity index (χ4n) is 1.38. The van der Waals surface area contributed by atoms with Gasteiger partial charge >= 0.3 is 0 Å². The smallest absolute Gasteiger partial charge is 0.224 e. The third kappa shape index (κ3) is 4.79. The van der Waals surface area contributed by atoms with Crippen molar-refractivity contribution in [2.45, 2.75) is 19.3 Å². The Labute approximate surface area is 96.0 Å². The Bertz CT molecular complexity index is 322. The van der Waals surface area contributed by atoms with Gasteiger partial charge in [0.2, 0.25) is 5.91 Å². The molecule has 5 N–H and O–H groups in total. The van der Waals surface area contributed by atoms with Gasteiger partial charge in [0.1, 0.15) is 0 Å². The van der Waals surface area contributed by atoms with Crippen LogP contribution in [0.4, 0.5) is 5.69 Å². The van der Waals surface area contributed by atoms with Crippen molar-refractivity contribution in [3.05, 3.63) is 29.8 Å². The predicted octanol–water partition coefficient (Wildman–Crippen LogP) is 0.666. The minimum atomic E-state index is 0.0433. The first-order chi connectivity index (χ1) is 7.72. The second kappa shape index (κ2) is 6.85. The molecule has 0 unspecified atom stereocenters. The highest BCUT2D eigenvalue weighted by atomic mass is 16.1. The summed E-state index contributed by atoms with van der Waals surface area (Å²) in [4.78, 5) is 11.5. The third-order valence-electron chi connectivity index (χ3n) is 2.30. The first-order valence-electron chi connectivity index (χ1n) is 5.53. The number of amides is 1. The fraction of sp³-hybridized carbons (Fsp3) is 0.417. The van der Waals surface area contributed by atoms with Crippen molar-refractivity contribution < 1.29 is 4.79 Å². The van der Waals surface area contributed by atoms with Crippen molar-refractivity contribution in [1.29, 1.82) is 0 Å². The van der Waals surface area contributed by atoms with Crippen molar-refractivity contribution in [1.82, 2.24) is 5.32 Å². The highest BCUT2D eigenvalue weighted by Gasteiger charge is 2.01. The van der Waals surface area contributed by atoms with Crippen LogP contribution in [0.3, 0.4) is 0 Å². The second-order valence-corrected chi connectivity index (χ2v) is 3.76. The number of benzene rings is 1. The normalized spacial score (nSPS) is 10.1. The number of carbonyl (C=O) groups is 1. The molecule has 1 aromatic carbocycles. The number of nitrogens with one attached hydrogen (secondary N) is 1. The Balaban J connectivity index is 2.26. The molecular weight excluding hydrogens is 202 g/mol. The van der Waals surface area contributed by atoms with E-state index in [1.807, 2.05) is 12.1 Å². The molecule has 0 saturated heterocycles. The molecule has 0 aliphatic carbocycles. The van der Waals surface area contributed by atoms with E-state index in [0.717, 1.165) is 18.4 Å². The van der Waals surface area contributed by atoms with Crippen LogP contribution in [-0.4, -0.2) is 19.0 Å². The van der Waals surface area contributed by atoms with Gasteiger partial charge in [0.05, 0.1) is 6.42 Å². The van der Waals surface area contributed by atoms with E-state index in [-0.39, 0.29) is 5.91 Å². The monoisotopic (exact) mass is 221 g/mol. The minimum absolute atomic E-state index is 0.0433. The number of nitrogens with two attached hydrogens (primary N) is 2. The molecule has 4 heteroatoms. The van der Waals surface area contributed by atoms with Crippen LogP contribution in [0.1, 0.15) is 18.4 Å². The van der Waals surface area contributed by atoms with E-state index in [2.05, 4.69) is 5.32 Å². The Morgan fingerprint density at radius 1 is 1.19 bits per heavy atom. The molecule has 1 rings (SSSR count). The van der Waals surface area contributed by atoms with E-state index in [1.54, 1.807) is 12.1 Å². The van der Waals surface area contributed by atoms with Gasteiger partial charge in [-0.2, -0.15) is 0 Å². The molecule has 1 amide bonds. The maximum atomic E-state index is 11.5. The zero-order chi connectivity index (χ0) is 11.8. The van der Waals surface area contributed by atoms with Gasteiger partial charge in [-0.05, 0) is 37.1 Å². The van der Waals surface area contributed by atoms with Crippen LogP contribution >= 0.6 is 0 Å². The molecule has 0 saturated carbocycles. The van der Waals surface area contributed by atoms with Crippen molar-refractivity contribution in [2.75, 3.05) is 18.8 Å². The highest BCUT2D eigenvalue weighted by molar-refractivity contribution is 5.78. The highest BCUT2D eigenvalue weighted by Crippen LogP contribution is 2.05. The Hall–Kier alpha value is -1.55. The summed E-state index contributed by atoms with van der Waals surface area (Å²) in [7, 11) is 0. The van der Waals surface area contributed by atoms with Crippen LogP contribution in [0, 0.1) is 0 Å². The summed E-state index contributed by atoms with van der Waals surface area (Å²) in [5.74, 6) is 0.0433. The molecule has 0 atom stereocenters. The number of hydrogen-bond donors (Lipinski definition) is 3. The quantitative estimate of drug-likeness (QED) is 0.488. The summed E-state index contributed by atoms with van der Waals surface area (Å²) in [5, 5.41) is 2.85. The average Bonchev–Trinajstić information content (AvgIpc) is 2.28. The largest absolute Gasteiger partial charge is 0.399 e. The van der Waals surface area contributed by atoms with Gasteiger partial charge in [0, 0.05) is 12.2 Å². The number of hydrogen-bond acceptors (Lipinski definition) is 3. The Morgan fingerprint density at radius 2 is 1.88 bits per heavy atom. The maximum Gasteiger partial charge on any atom is 0.224 e. The lowest BCUT2D eigenvalue weighted by Crippen LogP contribution is -2.26. The maximum absolute atomic E-state index is 11.5. The summed E-state index contributed by atoms with van der Waals surface area (Å²) in [6, 6.07) is 7.34. The number of carbonyl (C=O) groups excluding carboxylic acids is 1. The van der Waals surface area contributed by atoms with Gasteiger partial charge in [-0.1, -0.05) is 12.1 Å². The van der Waals surface area contributed by atoms with Gasteiger partial charge in [-0.25, -0.2) is 0 Å². The predicted molar refractivity (Wildman–Crippen MR) is 65.9 cm³/mol. The molecule has 0 spiro atoms. The lowest BCUT2D eigenvalue weighted by molar-refractivity contribution is -0.120. The van der Waals surface area contributed by atoms with Crippen molar-refractivity contribution >= 4 is 11.6 Å². The third-order valence-corrected chi connectivity index (χ3v) is 2.30. The van der Waals surface area contributed by atoms with Gasteiger partial charge < -0.3 is 16.8 Å². The van der Waals surface area contributed by atoms with E-state index >= 15 is 0 Å². The van der Waals surface area contributed by atoms with Crippen LogP contribution in [0.25, 0.3) is 0 Å². The molecule has 0 aromatic heterocycles. The standard InChI is InChI=1S/C12H19N3O/c13-7-1-2-8-15-12(16)9-10-3-5-11(14)6-4-10/h3-6H,1-2,7-9,13-14H2,(H,15,16). The summed E-state index contributed by atoms with van der Waals surface area (Å²) >= 11 is 0. The SMILES string of the molecule is NCCCCNC(=O)Cc1ccc(N)cc1. The Kier molecular flexibility index (Phi) is 5.36. The molecule has 16 heavy (non-hydrogen) atoms. The van der Waals surface area contributed by atoms with Crippen molar-refractivity contribution in [3.8, 4) is 0 Å². The summed E-state index contributed by atoms with van der Waals surface area (Å²) in [5.41, 5.74) is 12.6. The number of nitrogen functional groups attached to an aromatic ring is 1. The van der Waals surface area contributed by atoms with E-state index in [9.17, 15) is 4.79 Å². The van der Waals surface area contributed by atoms with Crippen LogP contribution < -0.4 is 16.8 Å². The lowest BCUT2D eigenvalue weighted by atomic mass is 10.1. The minimum Gasteiger partial charge on any atom is -0.399 e.